The molecule has 2 unspecified atom stereocenters. The summed E-state index contributed by atoms with van der Waals surface area (Å²) in [7, 11) is 0. The Bertz CT molecular complexity index is 964. The second-order valence-corrected chi connectivity index (χ2v) is 8.21. The zero-order valence-electron chi connectivity index (χ0n) is 14.5. The Kier molecular flexibility index (Phi) is 3.63. The van der Waals surface area contributed by atoms with E-state index in [0.717, 1.165) is 35.5 Å². The number of piperidine rings is 1. The zero-order chi connectivity index (χ0) is 17.7. The summed E-state index contributed by atoms with van der Waals surface area (Å²) in [6.07, 6.45) is 5.12. The van der Waals surface area contributed by atoms with Gasteiger partial charge in [0.05, 0.1) is 5.69 Å². The van der Waals surface area contributed by atoms with Gasteiger partial charge in [-0.15, -0.1) is 16.4 Å². The summed E-state index contributed by atoms with van der Waals surface area (Å²) >= 11 is 1.69. The van der Waals surface area contributed by atoms with E-state index in [9.17, 15) is 4.79 Å². The van der Waals surface area contributed by atoms with Crippen molar-refractivity contribution in [2.75, 3.05) is 6.54 Å². The zero-order valence-corrected chi connectivity index (χ0v) is 15.3. The maximum atomic E-state index is 13.2. The van der Waals surface area contributed by atoms with Crippen molar-refractivity contribution in [2.24, 2.45) is 5.92 Å². The lowest BCUT2D eigenvalue weighted by Gasteiger charge is -2.27. The number of amides is 1. The largest absolute Gasteiger partial charge is 0.335 e. The molecule has 2 atom stereocenters. The summed E-state index contributed by atoms with van der Waals surface area (Å²) in [6.45, 7) is 2.98. The molecule has 132 valence electrons. The number of hydrogen-bond acceptors (Lipinski definition) is 5. The van der Waals surface area contributed by atoms with Crippen molar-refractivity contribution in [1.29, 1.82) is 0 Å². The molecular formula is C19H19N5OS. The molecule has 3 aromatic rings. The van der Waals surface area contributed by atoms with Gasteiger partial charge in [-0.2, -0.15) is 0 Å². The quantitative estimate of drug-likeness (QED) is 0.714. The normalized spacial score (nSPS) is 21.5. The van der Waals surface area contributed by atoms with Crippen LogP contribution < -0.4 is 0 Å². The predicted molar refractivity (Wildman–Crippen MR) is 99.4 cm³/mol. The third-order valence-electron chi connectivity index (χ3n) is 5.46. The van der Waals surface area contributed by atoms with Crippen LogP contribution in [0, 0.1) is 12.8 Å². The number of aryl methyl sites for hydroxylation is 1. The first kappa shape index (κ1) is 15.7. The van der Waals surface area contributed by atoms with E-state index in [1.165, 1.54) is 12.0 Å². The summed E-state index contributed by atoms with van der Waals surface area (Å²) in [6, 6.07) is 8.50. The van der Waals surface area contributed by atoms with Crippen LogP contribution in [0.1, 0.15) is 35.2 Å². The summed E-state index contributed by atoms with van der Waals surface area (Å²) in [5, 5.41) is 13.6. The van der Waals surface area contributed by atoms with Crippen molar-refractivity contribution in [3.05, 3.63) is 47.1 Å². The Hall–Kier alpha value is -2.54. The SMILES string of the molecule is Cc1csc(-c2cc(C(=O)N3CC4CCC3C4)cc(-n3cnnn3)c2)c1. The number of thiophene rings is 1. The average Bonchev–Trinajstić information content (AvgIpc) is 3.44. The minimum atomic E-state index is 0.127. The van der Waals surface area contributed by atoms with Crippen LogP contribution in [0.25, 0.3) is 16.1 Å². The molecule has 5 rings (SSSR count). The van der Waals surface area contributed by atoms with Gasteiger partial charge in [0, 0.05) is 23.0 Å². The molecule has 0 spiro atoms. The molecule has 2 fully saturated rings. The van der Waals surface area contributed by atoms with Gasteiger partial charge in [0.15, 0.2) is 0 Å². The highest BCUT2D eigenvalue weighted by molar-refractivity contribution is 7.13. The van der Waals surface area contributed by atoms with Crippen LogP contribution in [0.4, 0.5) is 0 Å². The minimum Gasteiger partial charge on any atom is -0.335 e. The van der Waals surface area contributed by atoms with Gasteiger partial charge < -0.3 is 4.90 Å². The van der Waals surface area contributed by atoms with Crippen LogP contribution in [0.5, 0.6) is 0 Å². The van der Waals surface area contributed by atoms with E-state index in [1.54, 1.807) is 22.3 Å². The molecule has 26 heavy (non-hydrogen) atoms. The highest BCUT2D eigenvalue weighted by atomic mass is 32.1. The summed E-state index contributed by atoms with van der Waals surface area (Å²) < 4.78 is 1.61. The highest BCUT2D eigenvalue weighted by Crippen LogP contribution is 2.38. The van der Waals surface area contributed by atoms with E-state index in [4.69, 9.17) is 0 Å². The van der Waals surface area contributed by atoms with Crippen LogP contribution >= 0.6 is 11.3 Å². The Morgan fingerprint density at radius 3 is 2.81 bits per heavy atom. The molecule has 1 saturated carbocycles. The average molecular weight is 365 g/mol. The number of fused-ring (bicyclic) bond motifs is 2. The Morgan fingerprint density at radius 2 is 2.15 bits per heavy atom. The standard InChI is InChI=1S/C19H19N5OS/c1-12-4-18(26-10-12)14-6-15(8-17(7-14)24-11-20-21-22-24)19(25)23-9-13-2-3-16(23)5-13/h4,6-8,10-11,13,16H,2-3,5,9H2,1H3. The van der Waals surface area contributed by atoms with Crippen LogP contribution in [0.15, 0.2) is 36.0 Å². The van der Waals surface area contributed by atoms with Crippen molar-refractivity contribution in [1.82, 2.24) is 25.1 Å². The van der Waals surface area contributed by atoms with Crippen LogP contribution in [-0.4, -0.2) is 43.6 Å². The first-order valence-corrected chi connectivity index (χ1v) is 9.80. The second-order valence-electron chi connectivity index (χ2n) is 7.30. The van der Waals surface area contributed by atoms with Crippen molar-refractivity contribution in [3.8, 4) is 16.1 Å². The summed E-state index contributed by atoms with van der Waals surface area (Å²) in [4.78, 5) is 16.4. The number of carbonyl (C=O) groups is 1. The fourth-order valence-corrected chi connectivity index (χ4v) is 5.10. The fourth-order valence-electron chi connectivity index (χ4n) is 4.21. The smallest absolute Gasteiger partial charge is 0.254 e. The van der Waals surface area contributed by atoms with Crippen LogP contribution in [-0.2, 0) is 0 Å². The van der Waals surface area contributed by atoms with E-state index < -0.39 is 0 Å². The molecule has 1 amide bonds. The molecule has 7 heteroatoms. The minimum absolute atomic E-state index is 0.127. The van der Waals surface area contributed by atoms with Crippen molar-refractivity contribution < 1.29 is 4.79 Å². The Morgan fingerprint density at radius 1 is 1.23 bits per heavy atom. The molecule has 2 bridgehead atoms. The topological polar surface area (TPSA) is 63.9 Å². The van der Waals surface area contributed by atoms with Crippen LogP contribution in [0.3, 0.4) is 0 Å². The van der Waals surface area contributed by atoms with Gasteiger partial charge in [-0.25, -0.2) is 4.68 Å². The molecule has 1 aromatic carbocycles. The Labute approximate surface area is 155 Å². The molecule has 3 heterocycles. The van der Waals surface area contributed by atoms with Gasteiger partial charge in [0.25, 0.3) is 5.91 Å². The molecule has 6 nitrogen and oxygen atoms in total. The molecule has 2 aliphatic rings. The number of rotatable bonds is 3. The lowest BCUT2D eigenvalue weighted by molar-refractivity contribution is 0.0703. The Balaban J connectivity index is 1.58. The molecule has 1 aliphatic carbocycles. The molecule has 1 aliphatic heterocycles. The van der Waals surface area contributed by atoms with Gasteiger partial charge in [-0.3, -0.25) is 4.79 Å². The van der Waals surface area contributed by atoms with E-state index in [0.29, 0.717) is 17.5 Å². The van der Waals surface area contributed by atoms with Gasteiger partial charge in [-0.1, -0.05) is 0 Å². The second kappa shape index (κ2) is 6.02. The highest BCUT2D eigenvalue weighted by Gasteiger charge is 2.40. The van der Waals surface area contributed by atoms with E-state index in [2.05, 4.69) is 38.8 Å². The van der Waals surface area contributed by atoms with E-state index in [1.807, 2.05) is 18.2 Å². The molecular weight excluding hydrogens is 346 g/mol. The lowest BCUT2D eigenvalue weighted by atomic mass is 10.0. The van der Waals surface area contributed by atoms with Crippen molar-refractivity contribution in [3.63, 3.8) is 0 Å². The number of carbonyl (C=O) groups excluding carboxylic acids is 1. The molecule has 1 saturated heterocycles. The summed E-state index contributed by atoms with van der Waals surface area (Å²) in [5.41, 5.74) is 3.78. The van der Waals surface area contributed by atoms with E-state index in [-0.39, 0.29) is 5.91 Å². The molecule has 0 radical (unpaired) electrons. The molecule has 0 N–H and O–H groups in total. The maximum absolute atomic E-state index is 13.2. The van der Waals surface area contributed by atoms with E-state index >= 15 is 0 Å². The monoisotopic (exact) mass is 365 g/mol. The lowest BCUT2D eigenvalue weighted by Crippen LogP contribution is -2.37. The van der Waals surface area contributed by atoms with Crippen molar-refractivity contribution >= 4 is 17.2 Å². The fraction of sp³-hybridized carbons (Fsp3) is 0.368. The number of hydrogen-bond donors (Lipinski definition) is 0. The predicted octanol–water partition coefficient (Wildman–Crippen LogP) is 3.32. The summed E-state index contributed by atoms with van der Waals surface area (Å²) in [5.74, 6) is 0.813. The van der Waals surface area contributed by atoms with Gasteiger partial charge >= 0.3 is 0 Å². The number of likely N-dealkylation sites (tertiary alicyclic amines) is 1. The van der Waals surface area contributed by atoms with Crippen molar-refractivity contribution in [2.45, 2.75) is 32.2 Å². The van der Waals surface area contributed by atoms with Gasteiger partial charge in [-0.05, 0) is 83.3 Å². The van der Waals surface area contributed by atoms with Crippen LogP contribution in [0.2, 0.25) is 0 Å². The van der Waals surface area contributed by atoms with Gasteiger partial charge in [0.1, 0.15) is 6.33 Å². The number of aromatic nitrogens is 4. The first-order valence-electron chi connectivity index (χ1n) is 8.92. The third-order valence-corrected chi connectivity index (χ3v) is 6.56. The maximum Gasteiger partial charge on any atom is 0.254 e. The molecule has 2 aromatic heterocycles. The number of benzene rings is 1. The third kappa shape index (κ3) is 2.63. The number of tetrazole rings is 1. The number of nitrogens with zero attached hydrogens (tertiary/aromatic N) is 5. The van der Waals surface area contributed by atoms with Gasteiger partial charge in [0.2, 0.25) is 0 Å². The first-order chi connectivity index (χ1) is 12.7.